The average molecular weight is 361 g/mol. The van der Waals surface area contributed by atoms with Crippen LogP contribution in [-0.4, -0.2) is 21.0 Å². The Labute approximate surface area is 146 Å². The van der Waals surface area contributed by atoms with E-state index in [0.717, 1.165) is 12.1 Å². The normalized spacial score (nSPS) is 11.5. The number of carbonyl (C=O) groups is 1. The number of benzene rings is 2. The minimum Gasteiger partial charge on any atom is -0.481 e. The van der Waals surface area contributed by atoms with Crippen molar-refractivity contribution in [1.82, 2.24) is 9.97 Å². The molecule has 0 spiro atoms. The van der Waals surface area contributed by atoms with E-state index in [1.165, 1.54) is 12.4 Å². The molecule has 26 heavy (non-hydrogen) atoms. The molecule has 0 radical (unpaired) electrons. The Morgan fingerprint density at radius 3 is 2.62 bits per heavy atom. The number of alkyl halides is 3. The highest BCUT2D eigenvalue weighted by molar-refractivity contribution is 5.92. The van der Waals surface area contributed by atoms with E-state index < -0.39 is 17.7 Å². The van der Waals surface area contributed by atoms with Crippen molar-refractivity contribution < 1.29 is 23.1 Å². The highest BCUT2D eigenvalue weighted by atomic mass is 19.4. The maximum atomic E-state index is 12.8. The van der Waals surface area contributed by atoms with E-state index in [0.29, 0.717) is 27.8 Å². The van der Waals surface area contributed by atoms with Gasteiger partial charge in [0.05, 0.1) is 17.5 Å². The summed E-state index contributed by atoms with van der Waals surface area (Å²) in [5.41, 5.74) is 0.775. The lowest BCUT2D eigenvalue weighted by molar-refractivity contribution is -0.138. The van der Waals surface area contributed by atoms with E-state index in [-0.39, 0.29) is 13.0 Å². The molecule has 0 saturated carbocycles. The first-order valence-corrected chi connectivity index (χ1v) is 7.69. The van der Waals surface area contributed by atoms with Crippen molar-refractivity contribution >= 4 is 22.7 Å². The van der Waals surface area contributed by atoms with E-state index in [4.69, 9.17) is 5.11 Å². The summed E-state index contributed by atoms with van der Waals surface area (Å²) in [7, 11) is 0. The maximum Gasteiger partial charge on any atom is 0.416 e. The summed E-state index contributed by atoms with van der Waals surface area (Å²) in [6, 6.07) is 10.1. The van der Waals surface area contributed by atoms with Gasteiger partial charge in [0.15, 0.2) is 0 Å². The molecule has 0 saturated heterocycles. The number of halogens is 3. The second kappa shape index (κ2) is 6.99. The molecule has 2 N–H and O–H groups in total. The summed E-state index contributed by atoms with van der Waals surface area (Å²) < 4.78 is 38.4. The number of aliphatic carboxylic acids is 1. The number of nitrogens with one attached hydrogen (secondary N) is 1. The van der Waals surface area contributed by atoms with Crippen LogP contribution in [0.3, 0.4) is 0 Å². The van der Waals surface area contributed by atoms with Crippen LogP contribution >= 0.6 is 0 Å². The first-order chi connectivity index (χ1) is 12.3. The monoisotopic (exact) mass is 361 g/mol. The van der Waals surface area contributed by atoms with Crippen LogP contribution in [0.5, 0.6) is 0 Å². The van der Waals surface area contributed by atoms with Crippen molar-refractivity contribution in [2.75, 3.05) is 5.32 Å². The van der Waals surface area contributed by atoms with Crippen molar-refractivity contribution in [2.45, 2.75) is 19.1 Å². The Hall–Kier alpha value is -3.16. The number of anilines is 1. The largest absolute Gasteiger partial charge is 0.481 e. The molecule has 2 aromatic carbocycles. The van der Waals surface area contributed by atoms with Crippen molar-refractivity contribution in [3.8, 4) is 0 Å². The Morgan fingerprint density at radius 1 is 1.12 bits per heavy atom. The lowest BCUT2D eigenvalue weighted by Gasteiger charge is -2.12. The first-order valence-electron chi connectivity index (χ1n) is 7.69. The van der Waals surface area contributed by atoms with Crippen molar-refractivity contribution in [2.24, 2.45) is 0 Å². The molecule has 0 atom stereocenters. The lowest BCUT2D eigenvalue weighted by Crippen LogP contribution is -2.08. The summed E-state index contributed by atoms with van der Waals surface area (Å²) in [5.74, 6) is -0.547. The molecule has 0 bridgehead atoms. The fraction of sp³-hybridized carbons (Fsp3) is 0.167. The van der Waals surface area contributed by atoms with Gasteiger partial charge in [0.1, 0.15) is 12.1 Å². The number of rotatable bonds is 5. The summed E-state index contributed by atoms with van der Waals surface area (Å²) in [5, 5.41) is 12.6. The maximum absolute atomic E-state index is 12.8. The van der Waals surface area contributed by atoms with E-state index in [1.807, 2.05) is 0 Å². The molecular weight excluding hydrogens is 347 g/mol. The van der Waals surface area contributed by atoms with Gasteiger partial charge in [-0.25, -0.2) is 9.97 Å². The van der Waals surface area contributed by atoms with Gasteiger partial charge in [0.2, 0.25) is 0 Å². The minimum atomic E-state index is -4.40. The van der Waals surface area contributed by atoms with Crippen LogP contribution in [-0.2, 0) is 23.9 Å². The predicted octanol–water partition coefficient (Wildman–Crippen LogP) is 3.89. The molecule has 5 nitrogen and oxygen atoms in total. The zero-order valence-electron chi connectivity index (χ0n) is 13.4. The van der Waals surface area contributed by atoms with Crippen molar-refractivity contribution in [1.29, 1.82) is 0 Å². The van der Waals surface area contributed by atoms with E-state index in [1.54, 1.807) is 24.3 Å². The molecule has 0 amide bonds. The van der Waals surface area contributed by atoms with Gasteiger partial charge in [-0.3, -0.25) is 4.79 Å². The fourth-order valence-electron chi connectivity index (χ4n) is 2.64. The minimum absolute atomic E-state index is 0.138. The number of hydrogen-bond donors (Lipinski definition) is 2. The zero-order chi connectivity index (χ0) is 18.7. The quantitative estimate of drug-likeness (QED) is 0.721. The number of para-hydroxylation sites is 1. The third kappa shape index (κ3) is 3.90. The topological polar surface area (TPSA) is 75.1 Å². The van der Waals surface area contributed by atoms with Gasteiger partial charge in [-0.1, -0.05) is 24.3 Å². The van der Waals surface area contributed by atoms with Crippen LogP contribution < -0.4 is 5.32 Å². The highest BCUT2D eigenvalue weighted by Gasteiger charge is 2.30. The Morgan fingerprint density at radius 2 is 1.88 bits per heavy atom. The second-order valence-electron chi connectivity index (χ2n) is 5.66. The molecule has 1 heterocycles. The summed E-state index contributed by atoms with van der Waals surface area (Å²) in [6.45, 7) is 0.138. The van der Waals surface area contributed by atoms with E-state index in [9.17, 15) is 18.0 Å². The summed E-state index contributed by atoms with van der Waals surface area (Å²) in [6.07, 6.45) is -3.28. The van der Waals surface area contributed by atoms with E-state index >= 15 is 0 Å². The molecule has 134 valence electrons. The zero-order valence-corrected chi connectivity index (χ0v) is 13.4. The van der Waals surface area contributed by atoms with Gasteiger partial charge >= 0.3 is 12.1 Å². The van der Waals surface area contributed by atoms with Gasteiger partial charge in [-0.05, 0) is 29.3 Å². The van der Waals surface area contributed by atoms with Crippen LogP contribution in [0.4, 0.5) is 19.0 Å². The molecule has 0 unspecified atom stereocenters. The number of aromatic nitrogens is 2. The van der Waals surface area contributed by atoms with Crippen LogP contribution in [0.25, 0.3) is 10.9 Å². The molecule has 0 fully saturated rings. The summed E-state index contributed by atoms with van der Waals surface area (Å²) >= 11 is 0. The Bertz CT molecular complexity index is 958. The Kier molecular flexibility index (Phi) is 4.75. The molecule has 0 aliphatic rings. The predicted molar refractivity (Wildman–Crippen MR) is 89.6 cm³/mol. The van der Waals surface area contributed by atoms with Gasteiger partial charge < -0.3 is 10.4 Å². The van der Waals surface area contributed by atoms with Crippen molar-refractivity contribution in [3.05, 3.63) is 65.5 Å². The third-order valence-corrected chi connectivity index (χ3v) is 3.80. The van der Waals surface area contributed by atoms with Crippen LogP contribution in [0.2, 0.25) is 0 Å². The van der Waals surface area contributed by atoms with Crippen molar-refractivity contribution in [3.63, 3.8) is 0 Å². The van der Waals surface area contributed by atoms with Crippen LogP contribution in [0.1, 0.15) is 16.7 Å². The van der Waals surface area contributed by atoms with Gasteiger partial charge in [-0.15, -0.1) is 0 Å². The number of carboxylic acids is 1. The molecular formula is C18H14F3N3O2. The fourth-order valence-corrected chi connectivity index (χ4v) is 2.64. The van der Waals surface area contributed by atoms with Crippen LogP contribution in [0.15, 0.2) is 48.8 Å². The molecule has 0 aliphatic heterocycles. The number of nitrogens with zero attached hydrogens (tertiary/aromatic N) is 2. The molecule has 8 heteroatoms. The van der Waals surface area contributed by atoms with Gasteiger partial charge in [-0.2, -0.15) is 13.2 Å². The molecule has 0 aliphatic carbocycles. The average Bonchev–Trinajstić information content (AvgIpc) is 2.59. The second-order valence-corrected chi connectivity index (χ2v) is 5.66. The lowest BCUT2D eigenvalue weighted by atomic mass is 10.1. The third-order valence-electron chi connectivity index (χ3n) is 3.80. The Balaban J connectivity index is 1.87. The first kappa shape index (κ1) is 17.7. The van der Waals surface area contributed by atoms with Gasteiger partial charge in [0, 0.05) is 11.9 Å². The summed E-state index contributed by atoms with van der Waals surface area (Å²) in [4.78, 5) is 19.2. The van der Waals surface area contributed by atoms with Crippen LogP contribution in [0, 0.1) is 0 Å². The molecule has 1 aromatic heterocycles. The SMILES string of the molecule is O=C(O)Cc1cccc2c(NCc3cccc(C(F)(F)F)c3)ncnc12. The number of fused-ring (bicyclic) bond motifs is 1. The smallest absolute Gasteiger partial charge is 0.416 e. The molecule has 3 rings (SSSR count). The van der Waals surface area contributed by atoms with Gasteiger partial charge in [0.25, 0.3) is 0 Å². The highest BCUT2D eigenvalue weighted by Crippen LogP contribution is 2.30. The van der Waals surface area contributed by atoms with E-state index in [2.05, 4.69) is 15.3 Å². The number of hydrogen-bond acceptors (Lipinski definition) is 4. The molecule has 3 aromatic rings. The number of carboxylic acid groups (broad SMARTS) is 1. The standard InChI is InChI=1S/C18H14F3N3O2/c19-18(20,21)13-5-1-3-11(7-13)9-22-17-14-6-2-4-12(8-15(25)26)16(14)23-10-24-17/h1-7,10H,8-9H2,(H,25,26)(H,22,23,24).